The van der Waals surface area contributed by atoms with E-state index in [1.165, 1.54) is 12.8 Å². The third kappa shape index (κ3) is 7.76. The summed E-state index contributed by atoms with van der Waals surface area (Å²) in [4.78, 5) is 47.1. The highest BCUT2D eigenvalue weighted by molar-refractivity contribution is 6.05. The predicted octanol–water partition coefficient (Wildman–Crippen LogP) is 3.18. The fourth-order valence-corrected chi connectivity index (χ4v) is 5.99. The molecule has 5 rings (SSSR count). The third-order valence-corrected chi connectivity index (χ3v) is 8.27. The molecule has 41 heavy (non-hydrogen) atoms. The molecule has 3 atom stereocenters. The Kier molecular flexibility index (Phi) is 9.90. The summed E-state index contributed by atoms with van der Waals surface area (Å²) in [6, 6.07) is 5.37. The number of aliphatic carboxylic acids is 1. The normalized spacial score (nSPS) is 28.0. The lowest BCUT2D eigenvalue weighted by Crippen LogP contribution is -2.52. The maximum absolute atomic E-state index is 12.9. The number of carbonyl (C=O) groups excluding carboxylic acids is 3. The molecule has 0 aromatic heterocycles. The van der Waals surface area contributed by atoms with Crippen molar-refractivity contribution in [3.8, 4) is 5.75 Å². The van der Waals surface area contributed by atoms with Crippen LogP contribution in [0.4, 0.5) is 13.2 Å². The van der Waals surface area contributed by atoms with Gasteiger partial charge in [0.05, 0.1) is 6.10 Å². The van der Waals surface area contributed by atoms with Gasteiger partial charge in [0.2, 0.25) is 11.8 Å². The molecule has 3 amide bonds. The van der Waals surface area contributed by atoms with Crippen molar-refractivity contribution in [2.24, 2.45) is 5.92 Å². The van der Waals surface area contributed by atoms with Crippen molar-refractivity contribution in [2.45, 2.75) is 94.8 Å². The average Bonchev–Trinajstić information content (AvgIpc) is 3.51. The quantitative estimate of drug-likeness (QED) is 0.417. The molecule has 0 spiro atoms. The van der Waals surface area contributed by atoms with Crippen molar-refractivity contribution in [3.05, 3.63) is 29.3 Å². The van der Waals surface area contributed by atoms with Gasteiger partial charge in [0.1, 0.15) is 17.9 Å². The van der Waals surface area contributed by atoms with E-state index in [0.29, 0.717) is 36.6 Å². The maximum atomic E-state index is 12.9. The summed E-state index contributed by atoms with van der Waals surface area (Å²) in [6.07, 6.45) is 4.11. The van der Waals surface area contributed by atoms with Crippen molar-refractivity contribution in [1.29, 1.82) is 0 Å². The lowest BCUT2D eigenvalue weighted by molar-refractivity contribution is -0.192. The van der Waals surface area contributed by atoms with Crippen LogP contribution in [0.3, 0.4) is 0 Å². The third-order valence-electron chi connectivity index (χ3n) is 8.27. The van der Waals surface area contributed by atoms with Crippen molar-refractivity contribution in [3.63, 3.8) is 0 Å². The molecule has 2 saturated carbocycles. The summed E-state index contributed by atoms with van der Waals surface area (Å²) in [6.45, 7) is 1.40. The number of imide groups is 1. The number of amides is 3. The molecule has 0 bridgehead atoms. The highest BCUT2D eigenvalue weighted by Gasteiger charge is 2.40. The monoisotopic (exact) mass is 583 g/mol. The number of carboxylic acid groups (broad SMARTS) is 1. The molecule has 2 aliphatic heterocycles. The van der Waals surface area contributed by atoms with Gasteiger partial charge >= 0.3 is 12.1 Å². The number of methoxy groups -OCH3 is 1. The Morgan fingerprint density at radius 3 is 2.44 bits per heavy atom. The summed E-state index contributed by atoms with van der Waals surface area (Å²) in [7, 11) is 1.81. The first-order valence-corrected chi connectivity index (χ1v) is 14.0. The van der Waals surface area contributed by atoms with Crippen LogP contribution in [0, 0.1) is 5.92 Å². The van der Waals surface area contributed by atoms with Gasteiger partial charge in [0.15, 0.2) is 0 Å². The molecular formula is C28H36F3N3O7. The summed E-state index contributed by atoms with van der Waals surface area (Å²) < 4.78 is 43.6. The molecule has 0 radical (unpaired) electrons. The van der Waals surface area contributed by atoms with Crippen LogP contribution in [0.25, 0.3) is 0 Å². The van der Waals surface area contributed by atoms with Gasteiger partial charge in [-0.05, 0) is 87.6 Å². The number of hydrogen-bond donors (Lipinski definition) is 3. The second kappa shape index (κ2) is 13.2. The molecule has 1 aromatic rings. The van der Waals surface area contributed by atoms with Gasteiger partial charge in [-0.3, -0.25) is 19.7 Å². The molecule has 10 nitrogen and oxygen atoms in total. The van der Waals surface area contributed by atoms with Gasteiger partial charge in [-0.25, -0.2) is 4.79 Å². The Morgan fingerprint density at radius 2 is 1.80 bits per heavy atom. The summed E-state index contributed by atoms with van der Waals surface area (Å²) in [5.41, 5.74) is 1.49. The molecule has 1 saturated heterocycles. The van der Waals surface area contributed by atoms with E-state index in [9.17, 15) is 27.6 Å². The Bertz CT molecular complexity index is 1140. The molecule has 226 valence electrons. The second-order valence-electron chi connectivity index (χ2n) is 11.0. The first kappa shape index (κ1) is 30.8. The van der Waals surface area contributed by atoms with Crippen LogP contribution in [0.15, 0.2) is 18.2 Å². The largest absolute Gasteiger partial charge is 0.490 e. The molecule has 1 aromatic carbocycles. The van der Waals surface area contributed by atoms with E-state index < -0.39 is 18.2 Å². The van der Waals surface area contributed by atoms with Crippen molar-refractivity contribution in [2.75, 3.05) is 13.7 Å². The first-order valence-electron chi connectivity index (χ1n) is 14.0. The average molecular weight is 584 g/mol. The van der Waals surface area contributed by atoms with Crippen molar-refractivity contribution >= 4 is 23.7 Å². The van der Waals surface area contributed by atoms with Crippen LogP contribution >= 0.6 is 0 Å². The summed E-state index contributed by atoms with van der Waals surface area (Å²) in [5, 5.41) is 13.2. The zero-order valence-corrected chi connectivity index (χ0v) is 22.9. The number of benzene rings is 1. The number of nitrogens with one attached hydrogen (secondary N) is 2. The van der Waals surface area contributed by atoms with Crippen LogP contribution in [-0.4, -0.2) is 77.8 Å². The lowest BCUT2D eigenvalue weighted by Gasteiger charge is -2.30. The zero-order chi connectivity index (χ0) is 29.7. The van der Waals surface area contributed by atoms with Crippen molar-refractivity contribution < 1.29 is 46.9 Å². The van der Waals surface area contributed by atoms with Crippen LogP contribution in [-0.2, 0) is 25.7 Å². The Hall–Kier alpha value is -3.19. The fraction of sp³-hybridized carbons (Fsp3) is 0.643. The van der Waals surface area contributed by atoms with Gasteiger partial charge in [0.25, 0.3) is 5.91 Å². The predicted molar refractivity (Wildman–Crippen MR) is 139 cm³/mol. The Labute approximate surface area is 235 Å². The number of nitrogens with zero attached hydrogens (tertiary/aromatic N) is 1. The van der Waals surface area contributed by atoms with Crippen LogP contribution < -0.4 is 15.4 Å². The number of carboxylic acids is 1. The van der Waals surface area contributed by atoms with Gasteiger partial charge in [-0.2, -0.15) is 13.2 Å². The SMILES string of the molecule is COC1CCC(CN[C@H]2CCC[C@@H]2Oc2ccc3c(c2)CN(C2CCC(=O)NC2=O)C3=O)CC1.O=C(O)C(F)(F)F. The number of piperidine rings is 1. The standard InChI is InChI=1S/C26H35N3O5.C2HF3O2/c1-33-18-7-5-16(6-8-18)14-27-21-3-2-4-23(21)34-19-9-10-20-17(13-19)15-29(26(20)32)22-11-12-24(30)28-25(22)31;3-2(4,5)1(6)7/h9-10,13,16,18,21-23,27H,2-8,11-12,14-15H2,1H3,(H,28,30,31);(H,6,7)/t16?,18?,21-,22?,23-;/m0./s1. The van der Waals surface area contributed by atoms with E-state index >= 15 is 0 Å². The zero-order valence-electron chi connectivity index (χ0n) is 22.9. The van der Waals surface area contributed by atoms with E-state index in [1.54, 1.807) is 4.90 Å². The van der Waals surface area contributed by atoms with Crippen LogP contribution in [0.1, 0.15) is 73.7 Å². The Morgan fingerprint density at radius 1 is 1.10 bits per heavy atom. The van der Waals surface area contributed by atoms with E-state index in [-0.39, 0.29) is 30.2 Å². The number of fused-ring (bicyclic) bond motifs is 1. The first-order chi connectivity index (χ1) is 19.5. The molecule has 3 N–H and O–H groups in total. The van der Waals surface area contributed by atoms with E-state index in [2.05, 4.69) is 10.6 Å². The van der Waals surface area contributed by atoms with E-state index in [0.717, 1.165) is 50.0 Å². The van der Waals surface area contributed by atoms with Crippen LogP contribution in [0.5, 0.6) is 5.75 Å². The van der Waals surface area contributed by atoms with Gasteiger partial charge in [-0.1, -0.05) is 0 Å². The Balaban J connectivity index is 0.000000493. The fourth-order valence-electron chi connectivity index (χ4n) is 5.99. The topological polar surface area (TPSA) is 134 Å². The number of carbonyl (C=O) groups is 4. The number of ether oxygens (including phenoxy) is 2. The van der Waals surface area contributed by atoms with E-state index in [4.69, 9.17) is 19.4 Å². The number of hydrogen-bond acceptors (Lipinski definition) is 7. The minimum atomic E-state index is -5.08. The van der Waals surface area contributed by atoms with E-state index in [1.807, 2.05) is 25.3 Å². The van der Waals surface area contributed by atoms with Gasteiger partial charge < -0.3 is 24.8 Å². The molecule has 2 aliphatic carbocycles. The number of halogens is 3. The maximum Gasteiger partial charge on any atom is 0.490 e. The second-order valence-corrected chi connectivity index (χ2v) is 11.0. The summed E-state index contributed by atoms with van der Waals surface area (Å²) >= 11 is 0. The van der Waals surface area contributed by atoms with Crippen molar-refractivity contribution in [1.82, 2.24) is 15.5 Å². The van der Waals surface area contributed by atoms with Crippen LogP contribution in [0.2, 0.25) is 0 Å². The highest BCUT2D eigenvalue weighted by Crippen LogP contribution is 2.32. The minimum absolute atomic E-state index is 0.122. The molecule has 13 heteroatoms. The molecule has 2 heterocycles. The molecule has 1 unspecified atom stereocenters. The number of rotatable bonds is 7. The molecule has 3 fully saturated rings. The molecule has 4 aliphatic rings. The van der Waals surface area contributed by atoms with Gasteiger partial charge in [0, 0.05) is 31.7 Å². The number of alkyl halides is 3. The minimum Gasteiger partial charge on any atom is -0.489 e. The lowest BCUT2D eigenvalue weighted by atomic mass is 9.87. The van der Waals surface area contributed by atoms with Gasteiger partial charge in [-0.15, -0.1) is 0 Å². The molecular weight excluding hydrogens is 547 g/mol. The summed E-state index contributed by atoms with van der Waals surface area (Å²) in [5.74, 6) is -2.09. The smallest absolute Gasteiger partial charge is 0.489 e. The highest BCUT2D eigenvalue weighted by atomic mass is 19.4.